The molecule has 0 heterocycles. The van der Waals surface area contributed by atoms with E-state index in [9.17, 15) is 4.79 Å². The molecule has 0 saturated heterocycles. The van der Waals surface area contributed by atoms with Gasteiger partial charge in [0.15, 0.2) is 0 Å². The Kier molecular flexibility index (Phi) is 6.38. The first-order chi connectivity index (χ1) is 13.8. The Bertz CT molecular complexity index is 971. The molecule has 0 atom stereocenters. The maximum absolute atomic E-state index is 12.8. The maximum Gasteiger partial charge on any atom is 0.340 e. The predicted molar refractivity (Wildman–Crippen MR) is 120 cm³/mol. The highest BCUT2D eigenvalue weighted by atomic mass is 16.6. The first kappa shape index (κ1) is 20.7. The number of nitrogens with one attached hydrogen (secondary N) is 1. The zero-order valence-electron chi connectivity index (χ0n) is 17.7. The van der Waals surface area contributed by atoms with Crippen molar-refractivity contribution in [3.8, 4) is 0 Å². The van der Waals surface area contributed by atoms with Gasteiger partial charge in [0, 0.05) is 5.69 Å². The van der Waals surface area contributed by atoms with Crippen LogP contribution in [-0.2, 0) is 17.6 Å². The molecule has 150 valence electrons. The summed E-state index contributed by atoms with van der Waals surface area (Å²) in [7, 11) is 0. The Morgan fingerprint density at radius 1 is 0.862 bits per heavy atom. The second-order valence-electron chi connectivity index (χ2n) is 8.36. The standard InChI is InChI=1S/C26H29NO2/c1-19-9-8-12-22(17-19)27-24-18-21(14-13-20-10-6-5-7-11-20)15-16-23(24)25(28)29-26(2,3)4/h5-12,15-18,27H,13-14H2,1-4H3. The molecule has 0 fully saturated rings. The third-order valence-electron chi connectivity index (χ3n) is 4.55. The number of ether oxygens (including phenoxy) is 1. The smallest absolute Gasteiger partial charge is 0.340 e. The number of anilines is 2. The van der Waals surface area contributed by atoms with Crippen molar-refractivity contribution in [2.75, 3.05) is 5.32 Å². The number of carbonyl (C=O) groups excluding carboxylic acids is 1. The number of rotatable bonds is 6. The topological polar surface area (TPSA) is 38.3 Å². The summed E-state index contributed by atoms with van der Waals surface area (Å²) in [5.74, 6) is -0.317. The molecule has 3 heteroatoms. The Balaban J connectivity index is 1.87. The van der Waals surface area contributed by atoms with Gasteiger partial charge in [0.05, 0.1) is 11.3 Å². The van der Waals surface area contributed by atoms with Crippen LogP contribution in [0, 0.1) is 6.92 Å². The van der Waals surface area contributed by atoms with E-state index in [0.29, 0.717) is 5.56 Å². The molecule has 0 bridgehead atoms. The number of benzene rings is 3. The fourth-order valence-corrected chi connectivity index (χ4v) is 3.17. The number of carbonyl (C=O) groups is 1. The Hall–Kier alpha value is -3.07. The van der Waals surface area contributed by atoms with Gasteiger partial charge in [-0.15, -0.1) is 0 Å². The van der Waals surface area contributed by atoms with Crippen LogP contribution in [0.1, 0.15) is 47.8 Å². The molecule has 0 aliphatic carbocycles. The zero-order chi connectivity index (χ0) is 20.9. The lowest BCUT2D eigenvalue weighted by Gasteiger charge is -2.21. The molecule has 3 aromatic carbocycles. The average Bonchev–Trinajstić information content (AvgIpc) is 2.66. The summed E-state index contributed by atoms with van der Waals surface area (Å²) < 4.78 is 5.62. The summed E-state index contributed by atoms with van der Waals surface area (Å²) in [6.07, 6.45) is 1.86. The van der Waals surface area contributed by atoms with Gasteiger partial charge in [0.25, 0.3) is 0 Å². The maximum atomic E-state index is 12.8. The molecule has 0 aliphatic rings. The molecule has 3 nitrogen and oxygen atoms in total. The number of esters is 1. The monoisotopic (exact) mass is 387 g/mol. The molecule has 3 rings (SSSR count). The van der Waals surface area contributed by atoms with Crippen molar-refractivity contribution in [1.29, 1.82) is 0 Å². The van der Waals surface area contributed by atoms with Gasteiger partial charge in [0.1, 0.15) is 5.60 Å². The fraction of sp³-hybridized carbons (Fsp3) is 0.269. The van der Waals surface area contributed by atoms with E-state index in [1.54, 1.807) is 0 Å². The van der Waals surface area contributed by atoms with Crippen LogP contribution in [0.25, 0.3) is 0 Å². The van der Waals surface area contributed by atoms with Crippen LogP contribution in [0.5, 0.6) is 0 Å². The van der Waals surface area contributed by atoms with Gasteiger partial charge in [-0.3, -0.25) is 0 Å². The van der Waals surface area contributed by atoms with Gasteiger partial charge in [-0.05, 0) is 81.5 Å². The molecular formula is C26H29NO2. The first-order valence-electron chi connectivity index (χ1n) is 10.0. The lowest BCUT2D eigenvalue weighted by atomic mass is 10.0. The molecule has 3 aromatic rings. The van der Waals surface area contributed by atoms with Crippen LogP contribution in [0.15, 0.2) is 72.8 Å². The van der Waals surface area contributed by atoms with Crippen molar-refractivity contribution in [1.82, 2.24) is 0 Å². The molecule has 0 unspecified atom stereocenters. The van der Waals surface area contributed by atoms with Gasteiger partial charge < -0.3 is 10.1 Å². The van der Waals surface area contributed by atoms with Crippen LogP contribution < -0.4 is 5.32 Å². The quantitative estimate of drug-likeness (QED) is 0.492. The van der Waals surface area contributed by atoms with E-state index < -0.39 is 5.60 Å². The van der Waals surface area contributed by atoms with E-state index in [4.69, 9.17) is 4.74 Å². The number of hydrogen-bond acceptors (Lipinski definition) is 3. The summed E-state index contributed by atoms with van der Waals surface area (Å²) in [6, 6.07) is 24.5. The lowest BCUT2D eigenvalue weighted by Crippen LogP contribution is -2.24. The average molecular weight is 388 g/mol. The van der Waals surface area contributed by atoms with Crippen LogP contribution >= 0.6 is 0 Å². The van der Waals surface area contributed by atoms with E-state index >= 15 is 0 Å². The highest BCUT2D eigenvalue weighted by Gasteiger charge is 2.21. The molecule has 0 radical (unpaired) electrons. The van der Waals surface area contributed by atoms with Gasteiger partial charge in [-0.25, -0.2) is 4.79 Å². The third-order valence-corrected chi connectivity index (χ3v) is 4.55. The van der Waals surface area contributed by atoms with Gasteiger partial charge >= 0.3 is 5.97 Å². The first-order valence-corrected chi connectivity index (χ1v) is 10.0. The molecule has 1 N–H and O–H groups in total. The van der Waals surface area contributed by atoms with E-state index in [1.165, 1.54) is 11.1 Å². The van der Waals surface area contributed by atoms with E-state index in [-0.39, 0.29) is 5.97 Å². The van der Waals surface area contributed by atoms with Crippen LogP contribution in [0.4, 0.5) is 11.4 Å². The molecular weight excluding hydrogens is 358 g/mol. The van der Waals surface area contributed by atoms with Crippen LogP contribution in [-0.4, -0.2) is 11.6 Å². The molecule has 0 aromatic heterocycles. The molecule has 0 aliphatic heterocycles. The van der Waals surface area contributed by atoms with Crippen molar-refractivity contribution < 1.29 is 9.53 Å². The van der Waals surface area contributed by atoms with Crippen molar-refractivity contribution in [2.45, 2.75) is 46.1 Å². The van der Waals surface area contributed by atoms with Crippen molar-refractivity contribution in [2.24, 2.45) is 0 Å². The molecule has 0 spiro atoms. The minimum Gasteiger partial charge on any atom is -0.456 e. The summed E-state index contributed by atoms with van der Waals surface area (Å²) >= 11 is 0. The summed E-state index contributed by atoms with van der Waals surface area (Å²) in [4.78, 5) is 12.8. The van der Waals surface area contributed by atoms with Crippen molar-refractivity contribution in [3.63, 3.8) is 0 Å². The number of aryl methyl sites for hydroxylation is 3. The van der Waals surface area contributed by atoms with E-state index in [1.807, 2.05) is 51.1 Å². The minimum atomic E-state index is -0.538. The molecule has 0 amide bonds. The highest BCUT2D eigenvalue weighted by molar-refractivity contribution is 5.97. The second-order valence-corrected chi connectivity index (χ2v) is 8.36. The largest absolute Gasteiger partial charge is 0.456 e. The minimum absolute atomic E-state index is 0.317. The van der Waals surface area contributed by atoms with Gasteiger partial charge in [-0.1, -0.05) is 48.5 Å². The normalized spacial score (nSPS) is 11.2. The zero-order valence-corrected chi connectivity index (χ0v) is 17.7. The molecule has 29 heavy (non-hydrogen) atoms. The summed E-state index contributed by atoms with van der Waals surface area (Å²) in [5.41, 5.74) is 5.38. The Morgan fingerprint density at radius 2 is 1.59 bits per heavy atom. The lowest BCUT2D eigenvalue weighted by molar-refractivity contribution is 0.00707. The third kappa shape index (κ3) is 6.21. The summed E-state index contributed by atoms with van der Waals surface area (Å²) in [6.45, 7) is 7.70. The highest BCUT2D eigenvalue weighted by Crippen LogP contribution is 2.26. The second kappa shape index (κ2) is 8.95. The van der Waals surface area contributed by atoms with Crippen LogP contribution in [0.3, 0.4) is 0 Å². The van der Waals surface area contributed by atoms with Crippen molar-refractivity contribution in [3.05, 3.63) is 95.1 Å². The van der Waals surface area contributed by atoms with Crippen LogP contribution in [0.2, 0.25) is 0 Å². The fourth-order valence-electron chi connectivity index (χ4n) is 3.17. The van der Waals surface area contributed by atoms with Crippen molar-refractivity contribution >= 4 is 17.3 Å². The Labute approximate surface area is 173 Å². The van der Waals surface area contributed by atoms with Gasteiger partial charge in [-0.2, -0.15) is 0 Å². The SMILES string of the molecule is Cc1cccc(Nc2cc(CCc3ccccc3)ccc2C(=O)OC(C)(C)C)c1. The summed E-state index contributed by atoms with van der Waals surface area (Å²) in [5, 5.41) is 3.42. The Morgan fingerprint density at radius 3 is 2.28 bits per heavy atom. The molecule has 0 saturated carbocycles. The van der Waals surface area contributed by atoms with E-state index in [2.05, 4.69) is 54.7 Å². The number of hydrogen-bond donors (Lipinski definition) is 1. The van der Waals surface area contributed by atoms with Gasteiger partial charge in [0.2, 0.25) is 0 Å². The van der Waals surface area contributed by atoms with E-state index in [0.717, 1.165) is 29.8 Å². The predicted octanol–water partition coefficient (Wildman–Crippen LogP) is 6.48.